The Hall–Kier alpha value is -2.99. The zero-order chi connectivity index (χ0) is 18.8. The molecule has 1 aromatic heterocycles. The molecule has 136 valence electrons. The fourth-order valence-electron chi connectivity index (χ4n) is 3.33. The van der Waals surface area contributed by atoms with E-state index in [9.17, 15) is 9.59 Å². The molecule has 1 aliphatic heterocycles. The highest BCUT2D eigenvalue weighted by atomic mass is 32.1. The predicted octanol–water partition coefficient (Wildman–Crippen LogP) is 3.97. The van der Waals surface area contributed by atoms with Gasteiger partial charge in [0.15, 0.2) is 0 Å². The second-order valence-corrected chi connectivity index (χ2v) is 7.31. The maximum atomic E-state index is 13.1. The lowest BCUT2D eigenvalue weighted by atomic mass is 10.1. The van der Waals surface area contributed by atoms with Crippen LogP contribution in [0.2, 0.25) is 0 Å². The van der Waals surface area contributed by atoms with Crippen molar-refractivity contribution >= 4 is 34.5 Å². The van der Waals surface area contributed by atoms with Crippen molar-refractivity contribution in [2.45, 2.75) is 13.5 Å². The molecule has 3 aromatic rings. The zero-order valence-electron chi connectivity index (χ0n) is 14.9. The molecule has 2 aromatic carbocycles. The first-order chi connectivity index (χ1) is 13.1. The van der Waals surface area contributed by atoms with E-state index in [1.807, 2.05) is 61.5 Å². The fraction of sp³-hybridized carbons (Fsp3) is 0.190. The average Bonchev–Trinajstić information content (AvgIpc) is 3.22. The molecule has 0 N–H and O–H groups in total. The number of carbonyl (C=O) groups excluding carboxylic acids is 2. The van der Waals surface area contributed by atoms with E-state index in [2.05, 4.69) is 4.98 Å². The number of aromatic nitrogens is 1. The van der Waals surface area contributed by atoms with Gasteiger partial charge < -0.3 is 9.80 Å². The van der Waals surface area contributed by atoms with Gasteiger partial charge in [0.25, 0.3) is 5.91 Å². The number of benzene rings is 2. The normalized spacial score (nSPS) is 16.8. The summed E-state index contributed by atoms with van der Waals surface area (Å²) in [6.45, 7) is 2.67. The van der Waals surface area contributed by atoms with Crippen LogP contribution in [0.3, 0.4) is 0 Å². The summed E-state index contributed by atoms with van der Waals surface area (Å²) in [5, 5.41) is 1.74. The Morgan fingerprint density at radius 2 is 1.81 bits per heavy atom. The van der Waals surface area contributed by atoms with Crippen molar-refractivity contribution in [3.63, 3.8) is 0 Å². The van der Waals surface area contributed by atoms with Crippen LogP contribution in [0, 0.1) is 5.92 Å². The van der Waals surface area contributed by atoms with Crippen LogP contribution in [-0.2, 0) is 11.3 Å². The first kappa shape index (κ1) is 17.4. The van der Waals surface area contributed by atoms with Gasteiger partial charge in [0, 0.05) is 11.9 Å². The number of carbonyl (C=O) groups is 2. The summed E-state index contributed by atoms with van der Waals surface area (Å²) >= 11 is 1.39. The maximum absolute atomic E-state index is 13.1. The van der Waals surface area contributed by atoms with Gasteiger partial charge in [-0.25, -0.2) is 4.98 Å². The third-order valence-corrected chi connectivity index (χ3v) is 5.27. The molecule has 6 heteroatoms. The van der Waals surface area contributed by atoms with E-state index in [1.54, 1.807) is 20.7 Å². The monoisotopic (exact) mass is 377 g/mol. The van der Waals surface area contributed by atoms with Crippen LogP contribution in [0.25, 0.3) is 0 Å². The van der Waals surface area contributed by atoms with Gasteiger partial charge in [0.2, 0.25) is 5.91 Å². The lowest BCUT2D eigenvalue weighted by Gasteiger charge is -2.25. The molecule has 0 saturated carbocycles. The molecular formula is C21H19N3O2S. The molecule has 1 unspecified atom stereocenters. The van der Waals surface area contributed by atoms with E-state index >= 15 is 0 Å². The first-order valence-corrected chi connectivity index (χ1v) is 9.74. The molecule has 0 aliphatic carbocycles. The molecule has 0 fully saturated rings. The highest BCUT2D eigenvalue weighted by Crippen LogP contribution is 2.35. The van der Waals surface area contributed by atoms with Gasteiger partial charge in [-0.1, -0.05) is 49.4 Å². The van der Waals surface area contributed by atoms with Crippen molar-refractivity contribution < 1.29 is 9.59 Å². The van der Waals surface area contributed by atoms with Gasteiger partial charge in [0.05, 0.1) is 29.3 Å². The van der Waals surface area contributed by atoms with Crippen molar-refractivity contribution in [3.05, 3.63) is 76.7 Å². The van der Waals surface area contributed by atoms with Gasteiger partial charge in [0.1, 0.15) is 5.69 Å². The van der Waals surface area contributed by atoms with Crippen molar-refractivity contribution in [2.75, 3.05) is 16.3 Å². The summed E-state index contributed by atoms with van der Waals surface area (Å²) < 4.78 is 0. The second-order valence-electron chi connectivity index (χ2n) is 6.59. The second kappa shape index (κ2) is 7.32. The van der Waals surface area contributed by atoms with Crippen LogP contribution in [-0.4, -0.2) is 23.3 Å². The Morgan fingerprint density at radius 3 is 2.52 bits per heavy atom. The van der Waals surface area contributed by atoms with Gasteiger partial charge >= 0.3 is 0 Å². The molecule has 4 rings (SSSR count). The highest BCUT2D eigenvalue weighted by Gasteiger charge is 2.34. The first-order valence-electron chi connectivity index (χ1n) is 8.79. The SMILES string of the molecule is CC1CN(C(=O)c2cscn2)c2ccccc2N(Cc2ccccc2)C1=O. The minimum atomic E-state index is -0.316. The van der Waals surface area contributed by atoms with Crippen LogP contribution < -0.4 is 9.80 Å². The zero-order valence-corrected chi connectivity index (χ0v) is 15.7. The fourth-order valence-corrected chi connectivity index (χ4v) is 3.86. The smallest absolute Gasteiger partial charge is 0.277 e. The molecule has 1 atom stereocenters. The molecule has 0 spiro atoms. The minimum absolute atomic E-state index is 0.0138. The largest absolute Gasteiger partial charge is 0.306 e. The molecule has 0 radical (unpaired) electrons. The van der Waals surface area contributed by atoms with Crippen LogP contribution >= 0.6 is 11.3 Å². The Morgan fingerprint density at radius 1 is 1.11 bits per heavy atom. The van der Waals surface area contributed by atoms with E-state index in [4.69, 9.17) is 0 Å². The molecule has 2 heterocycles. The molecule has 2 amide bonds. The van der Waals surface area contributed by atoms with Crippen molar-refractivity contribution in [1.29, 1.82) is 0 Å². The Bertz CT molecular complexity index is 957. The standard InChI is InChI=1S/C21H19N3O2S/c1-15-11-23(21(26)17-13-27-14-22-17)18-9-5-6-10-19(18)24(20(15)25)12-16-7-3-2-4-8-16/h2-10,13-15H,11-12H2,1H3. The number of fused-ring (bicyclic) bond motifs is 1. The topological polar surface area (TPSA) is 53.5 Å². The Kier molecular flexibility index (Phi) is 4.73. The number of amides is 2. The number of hydrogen-bond acceptors (Lipinski definition) is 4. The van der Waals surface area contributed by atoms with Gasteiger partial charge in [-0.2, -0.15) is 0 Å². The summed E-state index contributed by atoms with van der Waals surface area (Å²) in [5.41, 5.74) is 4.59. The van der Waals surface area contributed by atoms with Crippen molar-refractivity contribution in [3.8, 4) is 0 Å². The molecule has 1 aliphatic rings. The van der Waals surface area contributed by atoms with E-state index in [0.717, 1.165) is 16.9 Å². The van der Waals surface area contributed by atoms with E-state index < -0.39 is 0 Å². The van der Waals surface area contributed by atoms with E-state index in [-0.39, 0.29) is 17.7 Å². The summed E-state index contributed by atoms with van der Waals surface area (Å²) in [4.78, 5) is 33.8. The molecule has 0 bridgehead atoms. The van der Waals surface area contributed by atoms with Gasteiger partial charge in [-0.3, -0.25) is 9.59 Å². The van der Waals surface area contributed by atoms with E-state index in [1.165, 1.54) is 11.3 Å². The molecule has 5 nitrogen and oxygen atoms in total. The Labute approximate surface area is 161 Å². The number of hydrogen-bond donors (Lipinski definition) is 0. The number of para-hydroxylation sites is 2. The molecule has 0 saturated heterocycles. The van der Waals surface area contributed by atoms with Gasteiger partial charge in [-0.15, -0.1) is 11.3 Å². The third-order valence-electron chi connectivity index (χ3n) is 4.69. The summed E-state index contributed by atoms with van der Waals surface area (Å²) in [6.07, 6.45) is 0. The number of nitrogens with zero attached hydrogens (tertiary/aromatic N) is 3. The lowest BCUT2D eigenvalue weighted by Crippen LogP contribution is -2.38. The molecular weight excluding hydrogens is 358 g/mol. The minimum Gasteiger partial charge on any atom is -0.306 e. The lowest BCUT2D eigenvalue weighted by molar-refractivity contribution is -0.121. The van der Waals surface area contributed by atoms with Crippen LogP contribution in [0.15, 0.2) is 65.5 Å². The quantitative estimate of drug-likeness (QED) is 0.694. The average molecular weight is 377 g/mol. The van der Waals surface area contributed by atoms with Crippen molar-refractivity contribution in [1.82, 2.24) is 4.98 Å². The Balaban J connectivity index is 1.77. The van der Waals surface area contributed by atoms with Crippen LogP contribution in [0.4, 0.5) is 11.4 Å². The van der Waals surface area contributed by atoms with Crippen LogP contribution in [0.1, 0.15) is 23.0 Å². The van der Waals surface area contributed by atoms with E-state index in [0.29, 0.717) is 18.8 Å². The highest BCUT2D eigenvalue weighted by molar-refractivity contribution is 7.07. The maximum Gasteiger partial charge on any atom is 0.277 e. The van der Waals surface area contributed by atoms with Gasteiger partial charge in [-0.05, 0) is 17.7 Å². The summed E-state index contributed by atoms with van der Waals surface area (Å²) in [7, 11) is 0. The summed E-state index contributed by atoms with van der Waals surface area (Å²) in [6, 6.07) is 17.5. The third kappa shape index (κ3) is 3.36. The predicted molar refractivity (Wildman–Crippen MR) is 107 cm³/mol. The number of rotatable bonds is 3. The summed E-state index contributed by atoms with van der Waals surface area (Å²) in [5.74, 6) is -0.478. The van der Waals surface area contributed by atoms with Crippen LogP contribution in [0.5, 0.6) is 0 Å². The van der Waals surface area contributed by atoms with Crippen molar-refractivity contribution in [2.24, 2.45) is 5.92 Å². The number of thiazole rings is 1. The molecule has 27 heavy (non-hydrogen) atoms. The number of anilines is 2.